The Labute approximate surface area is 196 Å². The number of aliphatic hydroxyl groups excluding tert-OH is 1. The zero-order chi connectivity index (χ0) is 23.8. The monoisotopic (exact) mass is 467 g/mol. The number of nitrogens with one attached hydrogen (secondary N) is 3. The third kappa shape index (κ3) is 4.01. The highest BCUT2D eigenvalue weighted by Gasteiger charge is 2.31. The molecule has 0 unspecified atom stereocenters. The SMILES string of the molecule is CNc1cc(Nc2cccn([C@H]3CC[C@H]3O)c2=O)nc2c(C(=O)N[C@@H]3CC[C@@H](OC)C3)cnn12. The van der Waals surface area contributed by atoms with Crippen molar-refractivity contribution < 1.29 is 14.6 Å². The van der Waals surface area contributed by atoms with Gasteiger partial charge in [0.25, 0.3) is 11.5 Å². The zero-order valence-electron chi connectivity index (χ0n) is 19.2. The number of rotatable bonds is 7. The van der Waals surface area contributed by atoms with Crippen LogP contribution in [0.2, 0.25) is 0 Å². The van der Waals surface area contributed by atoms with Crippen LogP contribution in [0.5, 0.6) is 0 Å². The van der Waals surface area contributed by atoms with Crippen LogP contribution in [-0.4, -0.2) is 62.6 Å². The lowest BCUT2D eigenvalue weighted by molar-refractivity contribution is 0.0300. The lowest BCUT2D eigenvalue weighted by atomic mass is 9.89. The van der Waals surface area contributed by atoms with Gasteiger partial charge >= 0.3 is 0 Å². The van der Waals surface area contributed by atoms with Crippen LogP contribution in [0.15, 0.2) is 35.4 Å². The Bertz CT molecular complexity index is 1270. The minimum atomic E-state index is -0.509. The molecule has 3 aromatic rings. The van der Waals surface area contributed by atoms with Crippen LogP contribution < -0.4 is 21.5 Å². The summed E-state index contributed by atoms with van der Waals surface area (Å²) in [7, 11) is 3.44. The van der Waals surface area contributed by atoms with Crippen molar-refractivity contribution >= 4 is 28.9 Å². The number of carbonyl (C=O) groups is 1. The van der Waals surface area contributed by atoms with Crippen molar-refractivity contribution in [2.24, 2.45) is 0 Å². The molecular weight excluding hydrogens is 438 g/mol. The van der Waals surface area contributed by atoms with E-state index in [2.05, 4.69) is 26.0 Å². The molecule has 2 fully saturated rings. The van der Waals surface area contributed by atoms with Gasteiger partial charge in [-0.05, 0) is 44.2 Å². The smallest absolute Gasteiger partial charge is 0.274 e. The second-order valence-corrected chi connectivity index (χ2v) is 8.88. The number of methoxy groups -OCH3 is 1. The van der Waals surface area contributed by atoms with Crippen molar-refractivity contribution in [2.45, 2.75) is 56.4 Å². The van der Waals surface area contributed by atoms with E-state index in [1.807, 2.05) is 0 Å². The maximum Gasteiger partial charge on any atom is 0.274 e. The molecule has 0 aromatic carbocycles. The molecule has 0 spiro atoms. The minimum Gasteiger partial charge on any atom is -0.391 e. The molecule has 3 heterocycles. The fourth-order valence-corrected chi connectivity index (χ4v) is 4.71. The Morgan fingerprint density at radius 1 is 1.26 bits per heavy atom. The summed E-state index contributed by atoms with van der Waals surface area (Å²) in [4.78, 5) is 30.6. The Morgan fingerprint density at radius 2 is 2.12 bits per heavy atom. The molecule has 0 aliphatic heterocycles. The number of pyridine rings is 1. The van der Waals surface area contributed by atoms with Gasteiger partial charge in [-0.1, -0.05) is 0 Å². The summed E-state index contributed by atoms with van der Waals surface area (Å²) in [6, 6.07) is 4.99. The molecule has 5 rings (SSSR count). The molecule has 2 aliphatic carbocycles. The number of carbonyl (C=O) groups excluding carboxylic acids is 1. The number of amides is 1. The van der Waals surface area contributed by atoms with Crippen LogP contribution in [0, 0.1) is 0 Å². The first-order chi connectivity index (χ1) is 16.5. The number of hydrogen-bond acceptors (Lipinski definition) is 8. The number of hydrogen-bond donors (Lipinski definition) is 4. The van der Waals surface area contributed by atoms with E-state index in [1.165, 1.54) is 6.20 Å². The minimum absolute atomic E-state index is 0.0436. The van der Waals surface area contributed by atoms with Gasteiger partial charge in [0.1, 0.15) is 22.9 Å². The molecule has 0 radical (unpaired) electrons. The molecule has 4 atom stereocenters. The van der Waals surface area contributed by atoms with Crippen LogP contribution in [-0.2, 0) is 4.74 Å². The van der Waals surface area contributed by atoms with Gasteiger partial charge in [-0.15, -0.1) is 0 Å². The summed E-state index contributed by atoms with van der Waals surface area (Å²) >= 11 is 0. The highest BCUT2D eigenvalue weighted by molar-refractivity contribution is 6.00. The van der Waals surface area contributed by atoms with E-state index >= 15 is 0 Å². The van der Waals surface area contributed by atoms with E-state index in [-0.39, 0.29) is 29.7 Å². The van der Waals surface area contributed by atoms with Crippen LogP contribution in [0.4, 0.5) is 17.3 Å². The topological polar surface area (TPSA) is 135 Å². The predicted molar refractivity (Wildman–Crippen MR) is 127 cm³/mol. The van der Waals surface area contributed by atoms with Crippen molar-refractivity contribution in [1.82, 2.24) is 24.5 Å². The summed E-state index contributed by atoms with van der Waals surface area (Å²) in [6.45, 7) is 0. The number of nitrogens with zero attached hydrogens (tertiary/aromatic N) is 4. The van der Waals surface area contributed by atoms with Gasteiger partial charge in [-0.3, -0.25) is 9.59 Å². The number of anilines is 3. The van der Waals surface area contributed by atoms with Crippen molar-refractivity contribution in [1.29, 1.82) is 0 Å². The zero-order valence-corrected chi connectivity index (χ0v) is 19.2. The molecule has 2 saturated carbocycles. The van der Waals surface area contributed by atoms with Crippen LogP contribution in [0.25, 0.3) is 5.65 Å². The van der Waals surface area contributed by atoms with Crippen molar-refractivity contribution in [3.05, 3.63) is 46.5 Å². The fourth-order valence-electron chi connectivity index (χ4n) is 4.71. The van der Waals surface area contributed by atoms with Crippen molar-refractivity contribution in [3.8, 4) is 0 Å². The van der Waals surface area contributed by atoms with Gasteiger partial charge in [-0.2, -0.15) is 9.61 Å². The third-order valence-corrected chi connectivity index (χ3v) is 6.82. The Hall–Kier alpha value is -3.44. The van der Waals surface area contributed by atoms with Gasteiger partial charge in [0.2, 0.25) is 0 Å². The summed E-state index contributed by atoms with van der Waals surface area (Å²) in [5.74, 6) is 0.762. The molecule has 11 nitrogen and oxygen atoms in total. The second kappa shape index (κ2) is 9.07. The molecule has 11 heteroatoms. The molecule has 1 amide bonds. The highest BCUT2D eigenvalue weighted by atomic mass is 16.5. The number of ether oxygens (including phenoxy) is 1. The Morgan fingerprint density at radius 3 is 2.79 bits per heavy atom. The number of fused-ring (bicyclic) bond motifs is 1. The molecule has 0 bridgehead atoms. The summed E-state index contributed by atoms with van der Waals surface area (Å²) in [5.41, 5.74) is 0.824. The lowest BCUT2D eigenvalue weighted by Crippen LogP contribution is -2.39. The van der Waals surface area contributed by atoms with Crippen LogP contribution in [0.1, 0.15) is 48.5 Å². The summed E-state index contributed by atoms with van der Waals surface area (Å²) < 4.78 is 8.51. The van der Waals surface area contributed by atoms with Gasteiger partial charge in [0.05, 0.1) is 24.4 Å². The molecule has 3 aromatic heterocycles. The first-order valence-corrected chi connectivity index (χ1v) is 11.5. The first kappa shape index (κ1) is 22.4. The maximum atomic E-state index is 13.0. The second-order valence-electron chi connectivity index (χ2n) is 8.88. The summed E-state index contributed by atoms with van der Waals surface area (Å²) in [6.07, 6.45) is 6.85. The number of aliphatic hydroxyl groups is 1. The van der Waals surface area contributed by atoms with E-state index in [9.17, 15) is 14.7 Å². The Balaban J connectivity index is 1.43. The van der Waals surface area contributed by atoms with E-state index in [1.54, 1.807) is 47.6 Å². The van der Waals surface area contributed by atoms with Crippen molar-refractivity contribution in [2.75, 3.05) is 24.8 Å². The van der Waals surface area contributed by atoms with Gasteiger partial charge < -0.3 is 30.4 Å². The van der Waals surface area contributed by atoms with Gasteiger partial charge in [0.15, 0.2) is 5.65 Å². The van der Waals surface area contributed by atoms with E-state index in [4.69, 9.17) is 4.74 Å². The van der Waals surface area contributed by atoms with Gasteiger partial charge in [0, 0.05) is 32.5 Å². The molecule has 2 aliphatic rings. The lowest BCUT2D eigenvalue weighted by Gasteiger charge is -2.34. The maximum absolute atomic E-state index is 13.0. The fraction of sp³-hybridized carbons (Fsp3) is 0.478. The highest BCUT2D eigenvalue weighted by Crippen LogP contribution is 2.31. The normalized spacial score (nSPS) is 24.1. The molecule has 34 heavy (non-hydrogen) atoms. The predicted octanol–water partition coefficient (Wildman–Crippen LogP) is 1.67. The van der Waals surface area contributed by atoms with E-state index in [0.717, 1.165) is 25.7 Å². The standard InChI is InChI=1S/C23H29N7O4/c1-24-20-11-19(27-16-4-3-9-29(23(16)33)17-7-8-18(17)31)28-21-15(12-25-30(20)21)22(32)26-13-5-6-14(10-13)34-2/h3-4,9,11-14,17-18,24,31H,5-8,10H2,1-2H3,(H,26,32)(H,27,28)/t13-,14-,17+,18-/m1/s1. The molecule has 0 saturated heterocycles. The van der Waals surface area contributed by atoms with Crippen molar-refractivity contribution in [3.63, 3.8) is 0 Å². The molecule has 4 N–H and O–H groups in total. The third-order valence-electron chi connectivity index (χ3n) is 6.82. The quantitative estimate of drug-likeness (QED) is 0.412. The Kier molecular flexibility index (Phi) is 5.96. The average Bonchev–Trinajstić information content (AvgIpc) is 3.47. The van der Waals surface area contributed by atoms with Crippen LogP contribution >= 0.6 is 0 Å². The van der Waals surface area contributed by atoms with E-state index < -0.39 is 6.10 Å². The largest absolute Gasteiger partial charge is 0.391 e. The first-order valence-electron chi connectivity index (χ1n) is 11.5. The van der Waals surface area contributed by atoms with Crippen LogP contribution in [0.3, 0.4) is 0 Å². The average molecular weight is 468 g/mol. The molecular formula is C23H29N7O4. The summed E-state index contributed by atoms with van der Waals surface area (Å²) in [5, 5.41) is 23.5. The number of aromatic nitrogens is 4. The van der Waals surface area contributed by atoms with Gasteiger partial charge in [-0.25, -0.2) is 4.98 Å². The van der Waals surface area contributed by atoms with E-state index in [0.29, 0.717) is 35.0 Å². The molecule has 180 valence electrons.